The fourth-order valence-electron chi connectivity index (χ4n) is 2.50. The van der Waals surface area contributed by atoms with E-state index in [1.54, 1.807) is 6.92 Å². The van der Waals surface area contributed by atoms with Crippen LogP contribution in [0.2, 0.25) is 0 Å². The third-order valence-electron chi connectivity index (χ3n) is 4.45. The van der Waals surface area contributed by atoms with Gasteiger partial charge in [0.15, 0.2) is 0 Å². The molecule has 0 aliphatic carbocycles. The van der Waals surface area contributed by atoms with Crippen molar-refractivity contribution in [1.82, 2.24) is 5.06 Å². The molecule has 1 aliphatic heterocycles. The van der Waals surface area contributed by atoms with E-state index in [9.17, 15) is 14.4 Å². The van der Waals surface area contributed by atoms with Crippen molar-refractivity contribution in [1.29, 1.82) is 0 Å². The Morgan fingerprint density at radius 1 is 1.09 bits per heavy atom. The normalized spacial score (nSPS) is 18.2. The average Bonchev–Trinajstić information content (AvgIpc) is 2.78. The maximum atomic E-state index is 12.4. The van der Waals surface area contributed by atoms with E-state index < -0.39 is 23.2 Å². The van der Waals surface area contributed by atoms with Crippen molar-refractivity contribution in [2.45, 2.75) is 78.7 Å². The van der Waals surface area contributed by atoms with Gasteiger partial charge in [-0.15, -0.1) is 5.06 Å². The number of carbonyl (C=O) groups excluding carboxylic acids is 3. The van der Waals surface area contributed by atoms with E-state index in [4.69, 9.17) is 9.57 Å². The second kappa shape index (κ2) is 7.90. The van der Waals surface area contributed by atoms with E-state index in [0.717, 1.165) is 12.8 Å². The number of rotatable bonds is 9. The summed E-state index contributed by atoms with van der Waals surface area (Å²) in [6.07, 6.45) is 3.19. The molecular formula is C17H29NO5. The number of nitrogens with zero attached hydrogens (tertiary/aromatic N) is 1. The number of hydrogen-bond donors (Lipinski definition) is 0. The van der Waals surface area contributed by atoms with Crippen LogP contribution in [0, 0.1) is 5.41 Å². The van der Waals surface area contributed by atoms with Gasteiger partial charge in [0, 0.05) is 19.4 Å². The molecular weight excluding hydrogens is 298 g/mol. The predicted molar refractivity (Wildman–Crippen MR) is 85.1 cm³/mol. The monoisotopic (exact) mass is 327 g/mol. The molecule has 0 radical (unpaired) electrons. The van der Waals surface area contributed by atoms with Gasteiger partial charge in [0.25, 0.3) is 11.8 Å². The van der Waals surface area contributed by atoms with Crippen LogP contribution in [0.25, 0.3) is 0 Å². The minimum absolute atomic E-state index is 0.100. The standard InChI is InChI=1S/C17H29NO5/c1-6-10-16(3,4)22-12-11-17(5,7-2)15(21)23-18-13(19)8-9-14(18)20/h6-12H2,1-5H3. The summed E-state index contributed by atoms with van der Waals surface area (Å²) >= 11 is 0. The zero-order valence-electron chi connectivity index (χ0n) is 14.9. The first-order chi connectivity index (χ1) is 10.6. The van der Waals surface area contributed by atoms with Crippen LogP contribution in [-0.2, 0) is 24.0 Å². The SMILES string of the molecule is CCCC(C)(C)OCCC(C)(CC)C(=O)ON1C(=O)CCC1=O. The molecule has 6 nitrogen and oxygen atoms in total. The highest BCUT2D eigenvalue weighted by Gasteiger charge is 2.39. The van der Waals surface area contributed by atoms with Crippen LogP contribution < -0.4 is 0 Å². The third-order valence-corrected chi connectivity index (χ3v) is 4.45. The van der Waals surface area contributed by atoms with Gasteiger partial charge in [0.05, 0.1) is 11.0 Å². The Morgan fingerprint density at radius 2 is 1.65 bits per heavy atom. The molecule has 1 heterocycles. The summed E-state index contributed by atoms with van der Waals surface area (Å²) in [4.78, 5) is 40.6. The predicted octanol–water partition coefficient (Wildman–Crippen LogP) is 3.00. The first kappa shape index (κ1) is 19.6. The van der Waals surface area contributed by atoms with Gasteiger partial charge in [-0.25, -0.2) is 4.79 Å². The Morgan fingerprint density at radius 3 is 2.13 bits per heavy atom. The Bertz CT molecular complexity index is 444. The third kappa shape index (κ3) is 5.30. The molecule has 2 amide bonds. The number of hydrogen-bond acceptors (Lipinski definition) is 5. The minimum atomic E-state index is -0.786. The quantitative estimate of drug-likeness (QED) is 0.609. The molecule has 6 heteroatoms. The summed E-state index contributed by atoms with van der Waals surface area (Å²) in [5.41, 5.74) is -1.01. The molecule has 1 atom stereocenters. The molecule has 1 saturated heterocycles. The van der Waals surface area contributed by atoms with Gasteiger partial charge in [-0.3, -0.25) is 9.59 Å². The highest BCUT2D eigenvalue weighted by Crippen LogP contribution is 2.30. The first-order valence-corrected chi connectivity index (χ1v) is 8.37. The number of amides is 2. The maximum absolute atomic E-state index is 12.4. The molecule has 1 rings (SSSR count). The van der Waals surface area contributed by atoms with Gasteiger partial charge < -0.3 is 9.57 Å². The van der Waals surface area contributed by atoms with E-state index in [2.05, 4.69) is 6.92 Å². The van der Waals surface area contributed by atoms with Gasteiger partial charge >= 0.3 is 5.97 Å². The van der Waals surface area contributed by atoms with E-state index in [1.165, 1.54) is 0 Å². The van der Waals surface area contributed by atoms with Gasteiger partial charge in [0.2, 0.25) is 0 Å². The topological polar surface area (TPSA) is 72.9 Å². The van der Waals surface area contributed by atoms with Crippen LogP contribution in [0.3, 0.4) is 0 Å². The van der Waals surface area contributed by atoms with Crippen LogP contribution in [0.15, 0.2) is 0 Å². The number of ether oxygens (including phenoxy) is 1. The summed E-state index contributed by atoms with van der Waals surface area (Å²) in [6.45, 7) is 10.2. The smallest absolute Gasteiger partial charge is 0.339 e. The lowest BCUT2D eigenvalue weighted by molar-refractivity contribution is -0.206. The van der Waals surface area contributed by atoms with E-state index >= 15 is 0 Å². The molecule has 0 bridgehead atoms. The number of hydroxylamine groups is 2. The number of carbonyl (C=O) groups is 3. The Kier molecular flexibility index (Phi) is 6.74. The highest BCUT2D eigenvalue weighted by molar-refractivity contribution is 6.01. The second-order valence-corrected chi connectivity index (χ2v) is 6.98. The lowest BCUT2D eigenvalue weighted by Gasteiger charge is -2.30. The van der Waals surface area contributed by atoms with Gasteiger partial charge in [-0.1, -0.05) is 20.3 Å². The van der Waals surface area contributed by atoms with E-state index in [1.807, 2.05) is 20.8 Å². The molecule has 132 valence electrons. The summed E-state index contributed by atoms with van der Waals surface area (Å²) in [5.74, 6) is -1.47. The molecule has 0 aromatic rings. The van der Waals surface area contributed by atoms with Crippen LogP contribution in [0.5, 0.6) is 0 Å². The average molecular weight is 327 g/mol. The molecule has 0 aromatic carbocycles. The van der Waals surface area contributed by atoms with Crippen molar-refractivity contribution in [2.24, 2.45) is 5.41 Å². The second-order valence-electron chi connectivity index (χ2n) is 6.98. The zero-order valence-corrected chi connectivity index (χ0v) is 14.9. The minimum Gasteiger partial charge on any atom is -0.376 e. The summed E-state index contributed by atoms with van der Waals surface area (Å²) < 4.78 is 5.87. The van der Waals surface area contributed by atoms with Crippen molar-refractivity contribution in [3.63, 3.8) is 0 Å². The molecule has 1 unspecified atom stereocenters. The van der Waals surface area contributed by atoms with Crippen molar-refractivity contribution in [3.8, 4) is 0 Å². The molecule has 0 N–H and O–H groups in total. The maximum Gasteiger partial charge on any atom is 0.339 e. The van der Waals surface area contributed by atoms with Crippen molar-refractivity contribution in [2.75, 3.05) is 6.61 Å². The zero-order chi connectivity index (χ0) is 17.7. The molecule has 1 aliphatic rings. The molecule has 0 aromatic heterocycles. The van der Waals surface area contributed by atoms with Crippen LogP contribution in [0.4, 0.5) is 0 Å². The van der Waals surface area contributed by atoms with Crippen molar-refractivity contribution < 1.29 is 24.0 Å². The highest BCUT2D eigenvalue weighted by atomic mass is 16.7. The van der Waals surface area contributed by atoms with Gasteiger partial charge in [0.1, 0.15) is 0 Å². The van der Waals surface area contributed by atoms with Crippen LogP contribution in [-0.4, -0.2) is 35.1 Å². The number of imide groups is 1. The van der Waals surface area contributed by atoms with Gasteiger partial charge in [-0.2, -0.15) is 0 Å². The molecule has 0 saturated carbocycles. The summed E-state index contributed by atoms with van der Waals surface area (Å²) in [6, 6.07) is 0. The molecule has 1 fully saturated rings. The Hall–Kier alpha value is -1.43. The van der Waals surface area contributed by atoms with Crippen LogP contribution in [0.1, 0.15) is 73.1 Å². The van der Waals surface area contributed by atoms with E-state index in [0.29, 0.717) is 24.5 Å². The lowest BCUT2D eigenvalue weighted by atomic mass is 9.84. The van der Waals surface area contributed by atoms with E-state index in [-0.39, 0.29) is 18.4 Å². The molecule has 23 heavy (non-hydrogen) atoms. The van der Waals surface area contributed by atoms with Crippen molar-refractivity contribution in [3.05, 3.63) is 0 Å². The Balaban J connectivity index is 2.60. The summed E-state index contributed by atoms with van der Waals surface area (Å²) in [7, 11) is 0. The van der Waals surface area contributed by atoms with Gasteiger partial charge in [-0.05, 0) is 40.0 Å². The first-order valence-electron chi connectivity index (χ1n) is 8.37. The fourth-order valence-corrected chi connectivity index (χ4v) is 2.50. The van der Waals surface area contributed by atoms with Crippen molar-refractivity contribution >= 4 is 17.8 Å². The molecule has 0 spiro atoms. The summed E-state index contributed by atoms with van der Waals surface area (Å²) in [5, 5.41) is 0.609. The largest absolute Gasteiger partial charge is 0.376 e. The fraction of sp³-hybridized carbons (Fsp3) is 0.824. The Labute approximate surface area is 138 Å². The lowest BCUT2D eigenvalue weighted by Crippen LogP contribution is -2.39. The van der Waals surface area contributed by atoms with Crippen LogP contribution >= 0.6 is 0 Å².